The molecule has 34 heavy (non-hydrogen) atoms. The molecular weight excluding hydrogens is 457 g/mol. The van der Waals surface area contributed by atoms with Gasteiger partial charge in [0.1, 0.15) is 11.4 Å². The molecule has 0 aliphatic heterocycles. The quantitative estimate of drug-likeness (QED) is 0.483. The molecule has 7 nitrogen and oxygen atoms in total. The fourth-order valence-corrected chi connectivity index (χ4v) is 5.09. The maximum Gasteiger partial charge on any atom is 0.252 e. The zero-order valence-corrected chi connectivity index (χ0v) is 19.3. The van der Waals surface area contributed by atoms with Crippen LogP contribution in [-0.4, -0.2) is 32.3 Å². The molecule has 1 aliphatic carbocycles. The third kappa shape index (κ3) is 4.85. The van der Waals surface area contributed by atoms with E-state index in [4.69, 9.17) is 0 Å². The van der Waals surface area contributed by atoms with Crippen molar-refractivity contribution < 1.29 is 22.4 Å². The average Bonchev–Trinajstić information content (AvgIpc) is 3.19. The van der Waals surface area contributed by atoms with E-state index in [9.17, 15) is 22.4 Å². The highest BCUT2D eigenvalue weighted by molar-refractivity contribution is 7.89. The van der Waals surface area contributed by atoms with E-state index in [1.807, 2.05) is 24.3 Å². The summed E-state index contributed by atoms with van der Waals surface area (Å²) in [6.07, 6.45) is 0.573. The summed E-state index contributed by atoms with van der Waals surface area (Å²) in [4.78, 5) is 26.5. The van der Waals surface area contributed by atoms with Crippen molar-refractivity contribution in [2.45, 2.75) is 30.2 Å². The first-order chi connectivity index (χ1) is 16.2. The Balaban J connectivity index is 1.59. The molecule has 1 aliphatic rings. The second-order valence-corrected chi connectivity index (χ2v) is 9.91. The number of benzene rings is 3. The van der Waals surface area contributed by atoms with Crippen molar-refractivity contribution in [2.24, 2.45) is 0 Å². The van der Waals surface area contributed by atoms with Gasteiger partial charge in [-0.3, -0.25) is 9.59 Å². The summed E-state index contributed by atoms with van der Waals surface area (Å²) in [6, 6.07) is 18.5. The molecule has 0 aromatic heterocycles. The van der Waals surface area contributed by atoms with Gasteiger partial charge in [-0.1, -0.05) is 31.2 Å². The van der Waals surface area contributed by atoms with E-state index in [-0.39, 0.29) is 29.8 Å². The molecule has 0 saturated carbocycles. The fourth-order valence-electron chi connectivity index (χ4n) is 4.05. The van der Waals surface area contributed by atoms with Crippen molar-refractivity contribution in [3.63, 3.8) is 0 Å². The molecule has 2 amide bonds. The highest BCUT2D eigenvalue weighted by Crippen LogP contribution is 2.32. The van der Waals surface area contributed by atoms with E-state index in [1.165, 1.54) is 48.5 Å². The molecule has 0 fully saturated rings. The molecule has 0 bridgehead atoms. The molecule has 3 aromatic carbocycles. The van der Waals surface area contributed by atoms with Gasteiger partial charge < -0.3 is 10.6 Å². The van der Waals surface area contributed by atoms with Crippen LogP contribution in [0.3, 0.4) is 0 Å². The molecule has 0 heterocycles. The lowest BCUT2D eigenvalue weighted by Crippen LogP contribution is -2.57. The summed E-state index contributed by atoms with van der Waals surface area (Å²) in [5.41, 5.74) is 1.27. The first-order valence-corrected chi connectivity index (χ1v) is 12.3. The lowest BCUT2D eigenvalue weighted by Gasteiger charge is -2.29. The van der Waals surface area contributed by atoms with Crippen LogP contribution in [0.15, 0.2) is 77.7 Å². The monoisotopic (exact) mass is 481 g/mol. The second-order valence-electron chi connectivity index (χ2n) is 8.15. The molecule has 0 saturated heterocycles. The molecule has 176 valence electrons. The highest BCUT2D eigenvalue weighted by Gasteiger charge is 2.45. The van der Waals surface area contributed by atoms with Gasteiger partial charge in [0.15, 0.2) is 0 Å². The Labute approximate surface area is 197 Å². The van der Waals surface area contributed by atoms with E-state index in [0.717, 1.165) is 11.1 Å². The number of amides is 2. The van der Waals surface area contributed by atoms with Crippen LogP contribution in [0.2, 0.25) is 0 Å². The van der Waals surface area contributed by atoms with Gasteiger partial charge in [0, 0.05) is 30.6 Å². The molecule has 0 radical (unpaired) electrons. The summed E-state index contributed by atoms with van der Waals surface area (Å²) in [7, 11) is -3.62. The van der Waals surface area contributed by atoms with E-state index in [0.29, 0.717) is 5.69 Å². The normalized spacial score (nSPS) is 14.3. The summed E-state index contributed by atoms with van der Waals surface area (Å²) in [5.74, 6) is -1.38. The SMILES string of the molecule is CCNS(=O)(=O)c1ccc(NC(=O)C2(NC(=O)c3ccc(F)cc3)Cc3ccccc3C2)cc1. The topological polar surface area (TPSA) is 104 Å². The Bertz CT molecular complexity index is 1300. The van der Waals surface area contributed by atoms with Gasteiger partial charge in [0.25, 0.3) is 11.8 Å². The van der Waals surface area contributed by atoms with Crippen molar-refractivity contribution in [3.8, 4) is 0 Å². The van der Waals surface area contributed by atoms with E-state index in [1.54, 1.807) is 6.92 Å². The maximum atomic E-state index is 13.5. The fraction of sp³-hybridized carbons (Fsp3) is 0.200. The number of hydrogen-bond donors (Lipinski definition) is 3. The van der Waals surface area contributed by atoms with Crippen LogP contribution >= 0.6 is 0 Å². The number of hydrogen-bond acceptors (Lipinski definition) is 4. The van der Waals surface area contributed by atoms with Crippen LogP contribution in [0.25, 0.3) is 0 Å². The Morgan fingerprint density at radius 2 is 1.50 bits per heavy atom. The van der Waals surface area contributed by atoms with E-state index < -0.39 is 33.2 Å². The lowest BCUT2D eigenvalue weighted by atomic mass is 9.93. The second kappa shape index (κ2) is 9.36. The smallest absolute Gasteiger partial charge is 0.252 e. The molecule has 3 aromatic rings. The Kier molecular flexibility index (Phi) is 6.49. The van der Waals surface area contributed by atoms with Crippen molar-refractivity contribution in [2.75, 3.05) is 11.9 Å². The minimum Gasteiger partial charge on any atom is -0.337 e. The van der Waals surface area contributed by atoms with Gasteiger partial charge in [-0.2, -0.15) is 0 Å². The van der Waals surface area contributed by atoms with Crippen LogP contribution < -0.4 is 15.4 Å². The van der Waals surface area contributed by atoms with Crippen LogP contribution in [0, 0.1) is 5.82 Å². The van der Waals surface area contributed by atoms with Crippen molar-refractivity contribution >= 4 is 27.5 Å². The number of carbonyl (C=O) groups excluding carboxylic acids is 2. The van der Waals surface area contributed by atoms with Gasteiger partial charge >= 0.3 is 0 Å². The summed E-state index contributed by atoms with van der Waals surface area (Å²) in [6.45, 7) is 1.95. The third-order valence-electron chi connectivity index (χ3n) is 5.75. The van der Waals surface area contributed by atoms with Crippen LogP contribution in [0.4, 0.5) is 10.1 Å². The summed E-state index contributed by atoms with van der Waals surface area (Å²) >= 11 is 0. The summed E-state index contributed by atoms with van der Waals surface area (Å²) in [5, 5.41) is 5.68. The molecule has 0 unspecified atom stereocenters. The molecular formula is C25H24FN3O4S. The zero-order valence-electron chi connectivity index (χ0n) is 18.5. The molecule has 0 atom stereocenters. The van der Waals surface area contributed by atoms with Crippen molar-refractivity contribution in [1.82, 2.24) is 10.0 Å². The van der Waals surface area contributed by atoms with Gasteiger partial charge in [0.05, 0.1) is 4.90 Å². The minimum atomic E-state index is -3.62. The van der Waals surface area contributed by atoms with Gasteiger partial charge in [0.2, 0.25) is 10.0 Å². The van der Waals surface area contributed by atoms with Crippen LogP contribution in [0.5, 0.6) is 0 Å². The standard InChI is InChI=1S/C25H24FN3O4S/c1-2-27-34(32,33)22-13-11-21(12-14-22)28-24(31)25(15-18-5-3-4-6-19(18)16-25)29-23(30)17-7-9-20(26)10-8-17/h3-14,27H,2,15-16H2,1H3,(H,28,31)(H,29,30). The first-order valence-electron chi connectivity index (χ1n) is 10.8. The number of nitrogens with one attached hydrogen (secondary N) is 3. The van der Waals surface area contributed by atoms with E-state index >= 15 is 0 Å². The maximum absolute atomic E-state index is 13.5. The number of halogens is 1. The third-order valence-corrected chi connectivity index (χ3v) is 7.32. The average molecular weight is 482 g/mol. The van der Waals surface area contributed by atoms with Crippen LogP contribution in [-0.2, 0) is 27.7 Å². The summed E-state index contributed by atoms with van der Waals surface area (Å²) < 4.78 is 40.0. The molecule has 0 spiro atoms. The lowest BCUT2D eigenvalue weighted by molar-refractivity contribution is -0.121. The van der Waals surface area contributed by atoms with Crippen LogP contribution in [0.1, 0.15) is 28.4 Å². The first kappa shape index (κ1) is 23.6. The number of fused-ring (bicyclic) bond motifs is 1. The van der Waals surface area contributed by atoms with E-state index in [2.05, 4.69) is 15.4 Å². The molecule has 9 heteroatoms. The number of anilines is 1. The minimum absolute atomic E-state index is 0.0833. The number of sulfonamides is 1. The van der Waals surface area contributed by atoms with Crippen molar-refractivity contribution in [3.05, 3.63) is 95.3 Å². The molecule has 3 N–H and O–H groups in total. The predicted molar refractivity (Wildman–Crippen MR) is 126 cm³/mol. The van der Waals surface area contributed by atoms with Crippen molar-refractivity contribution in [1.29, 1.82) is 0 Å². The van der Waals surface area contributed by atoms with Gasteiger partial charge in [-0.25, -0.2) is 17.5 Å². The number of carbonyl (C=O) groups is 2. The zero-order chi connectivity index (χ0) is 24.3. The largest absolute Gasteiger partial charge is 0.337 e. The van der Waals surface area contributed by atoms with Gasteiger partial charge in [-0.15, -0.1) is 0 Å². The van der Waals surface area contributed by atoms with Gasteiger partial charge in [-0.05, 0) is 59.7 Å². The Morgan fingerprint density at radius 1 is 0.912 bits per heavy atom. The number of rotatable bonds is 7. The predicted octanol–water partition coefficient (Wildman–Crippen LogP) is 3.03. The Hall–Kier alpha value is -3.56. The highest BCUT2D eigenvalue weighted by atomic mass is 32.2. The molecule has 4 rings (SSSR count). The Morgan fingerprint density at radius 3 is 2.06 bits per heavy atom.